The molecule has 204 valence electrons. The number of benzene rings is 1. The maximum absolute atomic E-state index is 13.6. The predicted molar refractivity (Wildman–Crippen MR) is 124 cm³/mol. The minimum atomic E-state index is -4.73. The Hall–Kier alpha value is -4.07. The third-order valence-corrected chi connectivity index (χ3v) is 7.22. The highest BCUT2D eigenvalue weighted by Gasteiger charge is 2.60. The molecular weight excluding hydrogens is 515 g/mol. The Morgan fingerprint density at radius 1 is 1.18 bits per heavy atom. The number of phenols is 1. The molecule has 3 atom stereocenters. The lowest BCUT2D eigenvalue weighted by Crippen LogP contribution is -2.58. The maximum atomic E-state index is 13.6. The summed E-state index contributed by atoms with van der Waals surface area (Å²) in [7, 11) is 3.11. The first kappa shape index (κ1) is 27.0. The van der Waals surface area contributed by atoms with E-state index in [0.29, 0.717) is 0 Å². The number of alkyl halides is 3. The van der Waals surface area contributed by atoms with E-state index >= 15 is 0 Å². The Morgan fingerprint density at radius 3 is 2.37 bits per heavy atom. The molecule has 3 aliphatic carbocycles. The van der Waals surface area contributed by atoms with Gasteiger partial charge in [0.2, 0.25) is 5.78 Å². The Kier molecular flexibility index (Phi) is 6.21. The van der Waals surface area contributed by atoms with E-state index in [1.165, 1.54) is 4.90 Å². The molecule has 38 heavy (non-hydrogen) atoms. The molecule has 7 N–H and O–H groups in total. The van der Waals surface area contributed by atoms with Crippen LogP contribution in [0.25, 0.3) is 5.76 Å². The standard InChI is InChI=1S/C24H24F3N3O8/c1-30(2)12-6-11(22(37)29-7-23(25,26)27)17(32)15-10(12)4-8-3-9-5-13(31)16(21(28)36)20(35)24(9,38)19(34)14(8)18(15)33/h6,8-9,32-33,35,38H,3-5,7H2,1-2H3,(H2,28,36)(H,29,37)/t8?,9-,24-/m0/s1. The van der Waals surface area contributed by atoms with Gasteiger partial charge in [0, 0.05) is 37.7 Å². The number of carbonyl (C=O) groups excluding carboxylic acids is 4. The van der Waals surface area contributed by atoms with Gasteiger partial charge in [0.1, 0.15) is 29.4 Å². The van der Waals surface area contributed by atoms with Crippen molar-refractivity contribution >= 4 is 34.8 Å². The summed E-state index contributed by atoms with van der Waals surface area (Å²) in [6.45, 7) is -1.69. The molecule has 3 aliphatic rings. The summed E-state index contributed by atoms with van der Waals surface area (Å²) < 4.78 is 37.9. The number of aliphatic hydroxyl groups is 3. The number of hydrogen-bond acceptors (Lipinski definition) is 9. The van der Waals surface area contributed by atoms with E-state index in [9.17, 15) is 52.8 Å². The van der Waals surface area contributed by atoms with E-state index in [2.05, 4.69) is 0 Å². The van der Waals surface area contributed by atoms with E-state index in [0.717, 1.165) is 6.07 Å². The van der Waals surface area contributed by atoms with Gasteiger partial charge in [0.15, 0.2) is 11.4 Å². The molecular formula is C24H24F3N3O8. The molecule has 11 nitrogen and oxygen atoms in total. The molecule has 1 saturated carbocycles. The molecule has 0 bridgehead atoms. The molecule has 14 heteroatoms. The molecule has 1 fully saturated rings. The fourth-order valence-electron chi connectivity index (χ4n) is 5.52. The fraction of sp³-hybridized carbons (Fsp3) is 0.417. The second-order valence-corrected chi connectivity index (χ2v) is 9.74. The highest BCUT2D eigenvalue weighted by molar-refractivity contribution is 6.22. The summed E-state index contributed by atoms with van der Waals surface area (Å²) in [5.41, 5.74) is 0.526. The van der Waals surface area contributed by atoms with Crippen molar-refractivity contribution < 1.29 is 52.8 Å². The van der Waals surface area contributed by atoms with Gasteiger partial charge in [-0.25, -0.2) is 0 Å². The molecule has 0 aliphatic heterocycles. The van der Waals surface area contributed by atoms with Gasteiger partial charge < -0.3 is 36.4 Å². The third-order valence-electron chi connectivity index (χ3n) is 7.22. The second-order valence-electron chi connectivity index (χ2n) is 9.74. The normalized spacial score (nSPS) is 25.0. The largest absolute Gasteiger partial charge is 0.508 e. The number of halogens is 3. The number of ketones is 2. The van der Waals surface area contributed by atoms with Gasteiger partial charge in [-0.2, -0.15) is 13.2 Å². The van der Waals surface area contributed by atoms with Gasteiger partial charge in [-0.05, 0) is 30.4 Å². The summed E-state index contributed by atoms with van der Waals surface area (Å²) in [5.74, 6) is -9.69. The number of anilines is 1. The van der Waals surface area contributed by atoms with Crippen LogP contribution in [-0.4, -0.2) is 76.2 Å². The number of Topliss-reactive ketones (excluding diaryl/α,β-unsaturated/α-hetero) is 2. The number of fused-ring (bicyclic) bond motifs is 3. The zero-order chi connectivity index (χ0) is 28.5. The average Bonchev–Trinajstić information content (AvgIpc) is 2.79. The minimum Gasteiger partial charge on any atom is -0.508 e. The van der Waals surface area contributed by atoms with Gasteiger partial charge in [-0.1, -0.05) is 0 Å². The van der Waals surface area contributed by atoms with Crippen LogP contribution >= 0.6 is 0 Å². The van der Waals surface area contributed by atoms with E-state index in [4.69, 9.17) is 5.73 Å². The van der Waals surface area contributed by atoms with Crippen molar-refractivity contribution in [1.82, 2.24) is 5.32 Å². The minimum absolute atomic E-state index is 0.0279. The Labute approximate surface area is 213 Å². The van der Waals surface area contributed by atoms with Crippen LogP contribution in [0.1, 0.15) is 34.3 Å². The van der Waals surface area contributed by atoms with Crippen LogP contribution in [0.3, 0.4) is 0 Å². The number of nitrogens with two attached hydrogens (primary N) is 1. The molecule has 0 saturated heterocycles. The topological polar surface area (TPSA) is 190 Å². The third kappa shape index (κ3) is 3.95. The molecule has 1 aromatic rings. The molecule has 0 spiro atoms. The molecule has 1 aromatic carbocycles. The lowest BCUT2D eigenvalue weighted by molar-refractivity contribution is -0.147. The Bertz CT molecular complexity index is 1360. The molecule has 1 unspecified atom stereocenters. The number of amides is 2. The van der Waals surface area contributed by atoms with Crippen LogP contribution in [0, 0.1) is 11.8 Å². The van der Waals surface area contributed by atoms with Crippen molar-refractivity contribution in [3.05, 3.63) is 39.7 Å². The Morgan fingerprint density at radius 2 is 1.82 bits per heavy atom. The van der Waals surface area contributed by atoms with E-state index < -0.39 is 99.5 Å². The molecule has 2 amide bonds. The van der Waals surface area contributed by atoms with Crippen molar-refractivity contribution in [2.75, 3.05) is 25.5 Å². The van der Waals surface area contributed by atoms with Crippen molar-refractivity contribution in [3.8, 4) is 5.75 Å². The van der Waals surface area contributed by atoms with E-state index in [1.807, 2.05) is 0 Å². The fourth-order valence-corrected chi connectivity index (χ4v) is 5.52. The first-order valence-electron chi connectivity index (χ1n) is 11.4. The zero-order valence-electron chi connectivity index (χ0n) is 20.1. The molecule has 0 heterocycles. The monoisotopic (exact) mass is 539 g/mol. The SMILES string of the molecule is CN(C)c1cc(C(=O)NCC(F)(F)F)c(O)c2c1CC1C[C@H]3CC(=O)C(C(N)=O)=C(O)[C@@]3(O)C(=O)C1=C2O. The number of hydrogen-bond donors (Lipinski definition) is 6. The van der Waals surface area contributed by atoms with E-state index in [-0.39, 0.29) is 24.1 Å². The number of aliphatic hydroxyl groups excluding tert-OH is 2. The molecule has 0 aromatic heterocycles. The number of primary amides is 1. The summed E-state index contributed by atoms with van der Waals surface area (Å²) in [5, 5.41) is 45.6. The molecule has 0 radical (unpaired) electrons. The summed E-state index contributed by atoms with van der Waals surface area (Å²) in [6, 6.07) is 1.15. The predicted octanol–water partition coefficient (Wildman–Crippen LogP) is 0.782. The zero-order valence-corrected chi connectivity index (χ0v) is 20.1. The lowest BCUT2D eigenvalue weighted by atomic mass is 9.59. The average molecular weight is 539 g/mol. The second kappa shape index (κ2) is 8.75. The maximum Gasteiger partial charge on any atom is 0.405 e. The van der Waals surface area contributed by atoms with Crippen LogP contribution in [0.4, 0.5) is 18.9 Å². The van der Waals surface area contributed by atoms with Gasteiger partial charge >= 0.3 is 6.18 Å². The summed E-state index contributed by atoms with van der Waals surface area (Å²) in [6.07, 6.45) is -5.33. The quantitative estimate of drug-likeness (QED) is 0.300. The smallest absolute Gasteiger partial charge is 0.405 e. The number of nitrogens with one attached hydrogen (secondary N) is 1. The highest BCUT2D eigenvalue weighted by atomic mass is 19.4. The van der Waals surface area contributed by atoms with Crippen LogP contribution in [0.2, 0.25) is 0 Å². The van der Waals surface area contributed by atoms with Crippen LogP contribution < -0.4 is 16.0 Å². The number of carbonyl (C=O) groups is 4. The molecule has 4 rings (SSSR count). The van der Waals surface area contributed by atoms with Crippen molar-refractivity contribution in [1.29, 1.82) is 0 Å². The van der Waals surface area contributed by atoms with Gasteiger partial charge in [0.25, 0.3) is 11.8 Å². The lowest BCUT2D eigenvalue weighted by Gasteiger charge is -2.46. The van der Waals surface area contributed by atoms with Crippen molar-refractivity contribution in [3.63, 3.8) is 0 Å². The number of aromatic hydroxyl groups is 1. The van der Waals surface area contributed by atoms with Gasteiger partial charge in [0.05, 0.1) is 11.1 Å². The first-order valence-corrected chi connectivity index (χ1v) is 11.4. The van der Waals surface area contributed by atoms with Crippen LogP contribution in [-0.2, 0) is 20.8 Å². The number of nitrogens with zero attached hydrogens (tertiary/aromatic N) is 1. The Balaban J connectivity index is 1.91. The van der Waals surface area contributed by atoms with Crippen molar-refractivity contribution in [2.45, 2.75) is 31.0 Å². The summed E-state index contributed by atoms with van der Waals surface area (Å²) in [4.78, 5) is 51.7. The van der Waals surface area contributed by atoms with Gasteiger partial charge in [-0.15, -0.1) is 0 Å². The number of rotatable bonds is 4. The van der Waals surface area contributed by atoms with Crippen molar-refractivity contribution in [2.24, 2.45) is 17.6 Å². The number of phenolic OH excluding ortho intramolecular Hbond substituents is 1. The first-order chi connectivity index (χ1) is 17.5. The summed E-state index contributed by atoms with van der Waals surface area (Å²) >= 11 is 0. The van der Waals surface area contributed by atoms with Crippen LogP contribution in [0.15, 0.2) is 23.0 Å². The van der Waals surface area contributed by atoms with Gasteiger partial charge in [-0.3, -0.25) is 19.2 Å². The van der Waals surface area contributed by atoms with E-state index in [1.54, 1.807) is 19.4 Å². The van der Waals surface area contributed by atoms with Crippen LogP contribution in [0.5, 0.6) is 5.75 Å². The highest BCUT2D eigenvalue weighted by Crippen LogP contribution is 2.53.